The van der Waals surface area contributed by atoms with Crippen LogP contribution in [0.3, 0.4) is 0 Å². The molecule has 4 amide bonds. The number of nitrogens with one attached hydrogen (secondary N) is 1. The van der Waals surface area contributed by atoms with E-state index in [0.717, 1.165) is 12.8 Å². The molecule has 8 nitrogen and oxygen atoms in total. The van der Waals surface area contributed by atoms with E-state index in [1.807, 2.05) is 0 Å². The van der Waals surface area contributed by atoms with E-state index in [9.17, 15) is 24.3 Å². The Balaban J connectivity index is 1.48. The first-order valence-electron chi connectivity index (χ1n) is 10.8. The number of urea groups is 1. The highest BCUT2D eigenvalue weighted by molar-refractivity contribution is 6.34. The molecule has 0 radical (unpaired) electrons. The molecule has 2 atom stereocenters. The minimum Gasteiger partial charge on any atom is -0.480 e. The van der Waals surface area contributed by atoms with Crippen LogP contribution in [0, 0.1) is 6.92 Å². The summed E-state index contributed by atoms with van der Waals surface area (Å²) in [6, 6.07) is 9.70. The molecule has 2 aromatic rings. The second kappa shape index (κ2) is 9.23. The molecule has 2 N–H and O–H groups in total. The number of carbonyl (C=O) groups excluding carboxylic acids is 3. The monoisotopic (exact) mass is 469 g/mol. The predicted molar refractivity (Wildman–Crippen MR) is 122 cm³/mol. The Bertz CT molecular complexity index is 1070. The van der Waals surface area contributed by atoms with Crippen molar-refractivity contribution in [2.45, 2.75) is 44.7 Å². The second-order valence-electron chi connectivity index (χ2n) is 8.33. The minimum atomic E-state index is -1.18. The summed E-state index contributed by atoms with van der Waals surface area (Å²) >= 11 is 6.12. The summed E-state index contributed by atoms with van der Waals surface area (Å²) in [6.07, 6.45) is 2.51. The number of piperidine rings is 1. The van der Waals surface area contributed by atoms with Gasteiger partial charge in [0.15, 0.2) is 0 Å². The van der Waals surface area contributed by atoms with Crippen LogP contribution in [-0.4, -0.2) is 52.4 Å². The Hall–Kier alpha value is -3.39. The number of aliphatic carboxylic acids is 1. The molecule has 172 valence electrons. The molecule has 0 saturated carbocycles. The smallest absolute Gasteiger partial charge is 0.332 e. The standard InChI is InChI=1S/C24H24ClN3O5/c1-14-5-4-6-17(25)20(14)21(29)26-18(23(31)32)13-15-8-10-16(11-9-15)28-22(30)19-7-2-3-12-27(19)24(28)33/h4-6,8-11,18-19H,2-3,7,12-13H2,1H3,(H,26,29)(H,31,32). The fraction of sp³-hybridized carbons (Fsp3) is 0.333. The molecule has 2 aliphatic rings. The van der Waals surface area contributed by atoms with E-state index in [1.54, 1.807) is 54.3 Å². The van der Waals surface area contributed by atoms with E-state index < -0.39 is 24.0 Å². The van der Waals surface area contributed by atoms with Crippen molar-refractivity contribution < 1.29 is 24.3 Å². The molecule has 33 heavy (non-hydrogen) atoms. The number of carbonyl (C=O) groups is 4. The van der Waals surface area contributed by atoms with Crippen LogP contribution in [0.1, 0.15) is 40.7 Å². The number of nitrogens with zero attached hydrogens (tertiary/aromatic N) is 2. The van der Waals surface area contributed by atoms with Gasteiger partial charge in [-0.25, -0.2) is 14.5 Å². The van der Waals surface area contributed by atoms with Crippen LogP contribution in [0.4, 0.5) is 10.5 Å². The van der Waals surface area contributed by atoms with Crippen molar-refractivity contribution >= 4 is 41.1 Å². The van der Waals surface area contributed by atoms with Crippen LogP contribution in [0.2, 0.25) is 5.02 Å². The lowest BCUT2D eigenvalue weighted by Gasteiger charge is -2.25. The summed E-state index contributed by atoms with van der Waals surface area (Å²) in [5.41, 5.74) is 1.97. The third-order valence-electron chi connectivity index (χ3n) is 6.13. The van der Waals surface area contributed by atoms with Crippen molar-refractivity contribution in [3.8, 4) is 0 Å². The molecule has 2 aliphatic heterocycles. The molecule has 0 spiro atoms. The number of rotatable bonds is 6. The quantitative estimate of drug-likeness (QED) is 0.630. The molecule has 4 rings (SSSR count). The Morgan fingerprint density at radius 2 is 1.88 bits per heavy atom. The van der Waals surface area contributed by atoms with Gasteiger partial charge in [-0.2, -0.15) is 0 Å². The number of carboxylic acid groups (broad SMARTS) is 1. The number of benzene rings is 2. The summed E-state index contributed by atoms with van der Waals surface area (Å²) < 4.78 is 0. The molecule has 2 saturated heterocycles. The van der Waals surface area contributed by atoms with Crippen molar-refractivity contribution in [1.29, 1.82) is 0 Å². The maximum absolute atomic E-state index is 12.7. The van der Waals surface area contributed by atoms with Crippen LogP contribution >= 0.6 is 11.6 Å². The summed E-state index contributed by atoms with van der Waals surface area (Å²) in [6.45, 7) is 2.30. The largest absolute Gasteiger partial charge is 0.480 e. The van der Waals surface area contributed by atoms with Gasteiger partial charge in [0, 0.05) is 13.0 Å². The number of halogens is 1. The van der Waals surface area contributed by atoms with Crippen molar-refractivity contribution in [2.24, 2.45) is 0 Å². The summed E-state index contributed by atoms with van der Waals surface area (Å²) in [4.78, 5) is 52.7. The topological polar surface area (TPSA) is 107 Å². The molecular formula is C24H24ClN3O5. The van der Waals surface area contributed by atoms with Crippen molar-refractivity contribution in [3.05, 3.63) is 64.2 Å². The number of amides is 4. The van der Waals surface area contributed by atoms with Gasteiger partial charge in [0.25, 0.3) is 11.8 Å². The first-order chi connectivity index (χ1) is 15.8. The summed E-state index contributed by atoms with van der Waals surface area (Å²) in [5.74, 6) is -1.97. The number of carboxylic acids is 1. The van der Waals surface area contributed by atoms with E-state index in [4.69, 9.17) is 11.6 Å². The summed E-state index contributed by atoms with van der Waals surface area (Å²) in [7, 11) is 0. The zero-order valence-corrected chi connectivity index (χ0v) is 18.8. The van der Waals surface area contributed by atoms with Gasteiger partial charge in [-0.1, -0.05) is 35.9 Å². The highest BCUT2D eigenvalue weighted by Crippen LogP contribution is 2.30. The van der Waals surface area contributed by atoms with Gasteiger partial charge in [0.2, 0.25) is 0 Å². The van der Waals surface area contributed by atoms with Gasteiger partial charge in [-0.15, -0.1) is 0 Å². The minimum absolute atomic E-state index is 0.0293. The Labute approximate surface area is 196 Å². The fourth-order valence-electron chi connectivity index (χ4n) is 4.39. The van der Waals surface area contributed by atoms with E-state index in [0.29, 0.717) is 29.8 Å². The fourth-order valence-corrected chi connectivity index (χ4v) is 4.70. The highest BCUT2D eigenvalue weighted by Gasteiger charge is 2.46. The number of aryl methyl sites for hydroxylation is 1. The van der Waals surface area contributed by atoms with Gasteiger partial charge in [-0.3, -0.25) is 9.59 Å². The normalized spacial score (nSPS) is 18.8. The Morgan fingerprint density at radius 1 is 1.15 bits per heavy atom. The molecule has 2 heterocycles. The molecule has 2 fully saturated rings. The van der Waals surface area contributed by atoms with Gasteiger partial charge >= 0.3 is 12.0 Å². The van der Waals surface area contributed by atoms with Crippen molar-refractivity contribution in [2.75, 3.05) is 11.4 Å². The zero-order valence-electron chi connectivity index (χ0n) is 18.1. The molecule has 0 bridgehead atoms. The second-order valence-corrected chi connectivity index (χ2v) is 8.73. The van der Waals surface area contributed by atoms with Gasteiger partial charge in [0.1, 0.15) is 12.1 Å². The van der Waals surface area contributed by atoms with Crippen LogP contribution in [0.25, 0.3) is 0 Å². The lowest BCUT2D eigenvalue weighted by Crippen LogP contribution is -2.42. The zero-order chi connectivity index (χ0) is 23.7. The predicted octanol–water partition coefficient (Wildman–Crippen LogP) is 3.40. The van der Waals surface area contributed by atoms with E-state index >= 15 is 0 Å². The van der Waals surface area contributed by atoms with Gasteiger partial charge in [-0.05, 0) is 55.5 Å². The third-order valence-corrected chi connectivity index (χ3v) is 6.45. The average molecular weight is 470 g/mol. The molecular weight excluding hydrogens is 446 g/mol. The maximum atomic E-state index is 12.7. The molecule has 9 heteroatoms. The average Bonchev–Trinajstić information content (AvgIpc) is 3.04. The third kappa shape index (κ3) is 4.43. The summed E-state index contributed by atoms with van der Waals surface area (Å²) in [5, 5.41) is 12.4. The molecule has 2 unspecified atom stereocenters. The van der Waals surface area contributed by atoms with Crippen LogP contribution in [0.15, 0.2) is 42.5 Å². The lowest BCUT2D eigenvalue weighted by atomic mass is 10.0. The van der Waals surface area contributed by atoms with Crippen LogP contribution in [0.5, 0.6) is 0 Å². The number of hydrogen-bond donors (Lipinski definition) is 2. The van der Waals surface area contributed by atoms with Gasteiger partial charge < -0.3 is 15.3 Å². The van der Waals surface area contributed by atoms with Crippen molar-refractivity contribution in [1.82, 2.24) is 10.2 Å². The molecule has 2 aromatic carbocycles. The first kappa shape index (κ1) is 22.8. The number of hydrogen-bond acceptors (Lipinski definition) is 4. The molecule has 0 aromatic heterocycles. The maximum Gasteiger partial charge on any atom is 0.332 e. The first-order valence-corrected chi connectivity index (χ1v) is 11.2. The number of fused-ring (bicyclic) bond motifs is 1. The van der Waals surface area contributed by atoms with Crippen LogP contribution in [-0.2, 0) is 16.0 Å². The van der Waals surface area contributed by atoms with Gasteiger partial charge in [0.05, 0.1) is 16.3 Å². The molecule has 0 aliphatic carbocycles. The number of anilines is 1. The lowest BCUT2D eigenvalue weighted by molar-refractivity contribution is -0.139. The van der Waals surface area contributed by atoms with E-state index in [-0.39, 0.29) is 28.9 Å². The Morgan fingerprint density at radius 3 is 2.52 bits per heavy atom. The highest BCUT2D eigenvalue weighted by atomic mass is 35.5. The van der Waals surface area contributed by atoms with Crippen molar-refractivity contribution in [3.63, 3.8) is 0 Å². The van der Waals surface area contributed by atoms with Crippen LogP contribution < -0.4 is 10.2 Å². The number of imide groups is 1. The van der Waals surface area contributed by atoms with E-state index in [2.05, 4.69) is 5.32 Å². The van der Waals surface area contributed by atoms with E-state index in [1.165, 1.54) is 4.90 Å². The SMILES string of the molecule is Cc1cccc(Cl)c1C(=O)NC(Cc1ccc(N2C(=O)C3CCCCN3C2=O)cc1)C(=O)O. The Kier molecular flexibility index (Phi) is 6.37.